The Morgan fingerprint density at radius 3 is 2.09 bits per heavy atom. The summed E-state index contributed by atoms with van der Waals surface area (Å²) < 4.78 is 5.81. The minimum atomic E-state index is -0.895. The molecule has 0 fully saturated rings. The van der Waals surface area contributed by atoms with Gasteiger partial charge in [0.15, 0.2) is 5.60 Å². The van der Waals surface area contributed by atoms with Crippen LogP contribution in [0, 0.1) is 0 Å². The first-order valence-corrected chi connectivity index (χ1v) is 8.09. The quantitative estimate of drug-likeness (QED) is 0.860. The van der Waals surface area contributed by atoms with Crippen LogP contribution in [0.3, 0.4) is 0 Å². The molecule has 0 aromatic heterocycles. The summed E-state index contributed by atoms with van der Waals surface area (Å²) in [5.74, 6) is 0.561. The second-order valence-corrected chi connectivity index (χ2v) is 6.36. The van der Waals surface area contributed by atoms with Crippen LogP contribution in [-0.4, -0.2) is 18.1 Å². The first-order chi connectivity index (χ1) is 10.9. The second kappa shape index (κ2) is 7.51. The van der Waals surface area contributed by atoms with Crippen molar-refractivity contribution in [3.63, 3.8) is 0 Å². The molecule has 2 rings (SSSR count). The van der Waals surface area contributed by atoms with Gasteiger partial charge in [0.05, 0.1) is 0 Å². The maximum atomic E-state index is 12.0. The highest BCUT2D eigenvalue weighted by Gasteiger charge is 2.29. The van der Waals surface area contributed by atoms with E-state index in [1.165, 1.54) is 11.1 Å². The van der Waals surface area contributed by atoms with Gasteiger partial charge in [-0.25, -0.2) is 0 Å². The third-order valence-corrected chi connectivity index (χ3v) is 3.75. The van der Waals surface area contributed by atoms with Crippen LogP contribution >= 0.6 is 11.6 Å². The van der Waals surface area contributed by atoms with E-state index in [0.717, 1.165) is 11.4 Å². The molecular weight excluding hydrogens is 310 g/mol. The van der Waals surface area contributed by atoms with Crippen molar-refractivity contribution in [2.75, 3.05) is 6.54 Å². The Kier molecular flexibility index (Phi) is 5.67. The zero-order valence-electron chi connectivity index (χ0n) is 13.7. The summed E-state index contributed by atoms with van der Waals surface area (Å²) >= 11 is 5.90. The van der Waals surface area contributed by atoms with Gasteiger partial charge in [0.2, 0.25) is 0 Å². The van der Waals surface area contributed by atoms with Crippen molar-refractivity contribution in [2.45, 2.75) is 32.8 Å². The predicted octanol–water partition coefficient (Wildman–Crippen LogP) is 4.22. The normalized spacial score (nSPS) is 11.1. The van der Waals surface area contributed by atoms with Crippen LogP contribution in [0.1, 0.15) is 31.9 Å². The van der Waals surface area contributed by atoms with Gasteiger partial charge >= 0.3 is 0 Å². The number of hydrogen-bond acceptors (Lipinski definition) is 2. The minimum absolute atomic E-state index is 0.120. The van der Waals surface area contributed by atoms with Gasteiger partial charge in [-0.05, 0) is 62.6 Å². The smallest absolute Gasteiger partial charge is 0.263 e. The van der Waals surface area contributed by atoms with Gasteiger partial charge in [-0.2, -0.15) is 0 Å². The number of halogens is 1. The number of amides is 1. The van der Waals surface area contributed by atoms with E-state index in [1.54, 1.807) is 13.8 Å². The molecule has 0 radical (unpaired) electrons. The van der Waals surface area contributed by atoms with Crippen LogP contribution in [0.15, 0.2) is 48.5 Å². The van der Waals surface area contributed by atoms with E-state index in [2.05, 4.69) is 5.32 Å². The Hall–Kier alpha value is -2.00. The number of rotatable bonds is 6. The van der Waals surface area contributed by atoms with Crippen molar-refractivity contribution in [1.29, 1.82) is 0 Å². The summed E-state index contributed by atoms with van der Waals surface area (Å²) in [4.78, 5) is 12.0. The first-order valence-electron chi connectivity index (χ1n) is 7.71. The lowest BCUT2D eigenvalue weighted by Crippen LogP contribution is -2.46. The molecule has 1 N–H and O–H groups in total. The largest absolute Gasteiger partial charge is 0.478 e. The highest BCUT2D eigenvalue weighted by Crippen LogP contribution is 2.21. The number of likely N-dealkylation sites (N-methyl/N-ethyl adjacent to an activating group) is 1. The summed E-state index contributed by atoms with van der Waals surface area (Å²) in [7, 11) is 0. The van der Waals surface area contributed by atoms with Gasteiger partial charge in [0.25, 0.3) is 5.91 Å². The van der Waals surface area contributed by atoms with Gasteiger partial charge < -0.3 is 10.1 Å². The van der Waals surface area contributed by atoms with E-state index in [0.29, 0.717) is 12.3 Å². The lowest BCUT2D eigenvalue weighted by Gasteiger charge is -2.25. The predicted molar refractivity (Wildman–Crippen MR) is 94.1 cm³/mol. The maximum Gasteiger partial charge on any atom is 0.263 e. The van der Waals surface area contributed by atoms with Gasteiger partial charge in [-0.15, -0.1) is 0 Å². The van der Waals surface area contributed by atoms with Crippen LogP contribution in [0.25, 0.3) is 0 Å². The van der Waals surface area contributed by atoms with Crippen LogP contribution in [-0.2, 0) is 11.2 Å². The fraction of sp³-hybridized carbons (Fsp3) is 0.316. The number of benzene rings is 2. The highest BCUT2D eigenvalue weighted by atomic mass is 35.5. The van der Waals surface area contributed by atoms with Crippen LogP contribution in [0.4, 0.5) is 0 Å². The van der Waals surface area contributed by atoms with E-state index in [1.807, 2.05) is 55.5 Å². The Morgan fingerprint density at radius 2 is 1.57 bits per heavy atom. The summed E-state index contributed by atoms with van der Waals surface area (Å²) in [6, 6.07) is 15.6. The van der Waals surface area contributed by atoms with Crippen LogP contribution < -0.4 is 10.1 Å². The molecule has 1 amide bonds. The molecule has 23 heavy (non-hydrogen) atoms. The summed E-state index contributed by atoms with van der Waals surface area (Å²) in [5.41, 5.74) is 1.48. The molecule has 2 aromatic carbocycles. The number of nitrogens with one attached hydrogen (secondary N) is 1. The number of carbonyl (C=O) groups excluding carboxylic acids is 1. The molecule has 0 aliphatic rings. The first kappa shape index (κ1) is 17.4. The van der Waals surface area contributed by atoms with E-state index in [-0.39, 0.29) is 5.91 Å². The van der Waals surface area contributed by atoms with Crippen molar-refractivity contribution in [2.24, 2.45) is 0 Å². The topological polar surface area (TPSA) is 38.3 Å². The fourth-order valence-electron chi connectivity index (χ4n) is 2.23. The lowest BCUT2D eigenvalue weighted by molar-refractivity contribution is -0.134. The van der Waals surface area contributed by atoms with E-state index < -0.39 is 5.60 Å². The number of carbonyl (C=O) groups is 1. The molecule has 0 heterocycles. The Bertz CT molecular complexity index is 648. The molecule has 122 valence electrons. The summed E-state index contributed by atoms with van der Waals surface area (Å²) in [6.07, 6.45) is 0.831. The summed E-state index contributed by atoms with van der Waals surface area (Å²) in [5, 5.41) is 3.52. The molecule has 3 nitrogen and oxygen atoms in total. The molecule has 0 saturated carbocycles. The van der Waals surface area contributed by atoms with Crippen molar-refractivity contribution >= 4 is 17.5 Å². The lowest BCUT2D eigenvalue weighted by atomic mass is 10.0. The molecule has 0 saturated heterocycles. The highest BCUT2D eigenvalue weighted by molar-refractivity contribution is 6.30. The van der Waals surface area contributed by atoms with E-state index >= 15 is 0 Å². The van der Waals surface area contributed by atoms with E-state index in [4.69, 9.17) is 16.3 Å². The van der Waals surface area contributed by atoms with Crippen molar-refractivity contribution in [3.05, 3.63) is 64.7 Å². The van der Waals surface area contributed by atoms with Crippen molar-refractivity contribution < 1.29 is 9.53 Å². The fourth-order valence-corrected chi connectivity index (χ4v) is 2.35. The van der Waals surface area contributed by atoms with Crippen LogP contribution in [0.2, 0.25) is 5.02 Å². The zero-order valence-corrected chi connectivity index (χ0v) is 14.5. The minimum Gasteiger partial charge on any atom is -0.478 e. The van der Waals surface area contributed by atoms with Gasteiger partial charge in [0, 0.05) is 11.6 Å². The number of ether oxygens (including phenoxy) is 1. The number of hydrogen-bond donors (Lipinski definition) is 1. The average Bonchev–Trinajstić information content (AvgIpc) is 2.51. The molecule has 2 aromatic rings. The molecular formula is C19H22ClNO2. The zero-order chi connectivity index (χ0) is 16.9. The SMILES string of the molecule is CCNC(=O)C(C)(C)Oc1ccc(Cc2ccc(Cl)cc2)cc1. The molecule has 0 aliphatic carbocycles. The van der Waals surface area contributed by atoms with Gasteiger partial charge in [-0.3, -0.25) is 4.79 Å². The standard InChI is InChI=1S/C19H22ClNO2/c1-4-21-18(22)19(2,3)23-17-11-7-15(8-12-17)13-14-5-9-16(20)10-6-14/h5-12H,4,13H2,1-3H3,(H,21,22). The Morgan fingerprint density at radius 1 is 1.04 bits per heavy atom. The molecule has 0 aliphatic heterocycles. The molecule has 0 bridgehead atoms. The second-order valence-electron chi connectivity index (χ2n) is 5.92. The summed E-state index contributed by atoms with van der Waals surface area (Å²) in [6.45, 7) is 6.00. The average molecular weight is 332 g/mol. The van der Waals surface area contributed by atoms with Gasteiger partial charge in [0.1, 0.15) is 5.75 Å². The third kappa shape index (κ3) is 5.00. The Labute approximate surface area is 142 Å². The third-order valence-electron chi connectivity index (χ3n) is 3.50. The molecule has 4 heteroatoms. The van der Waals surface area contributed by atoms with Gasteiger partial charge in [-0.1, -0.05) is 35.9 Å². The monoisotopic (exact) mass is 331 g/mol. The molecule has 0 unspecified atom stereocenters. The Balaban J connectivity index is 2.01. The molecule has 0 atom stereocenters. The van der Waals surface area contributed by atoms with Crippen molar-refractivity contribution in [1.82, 2.24) is 5.32 Å². The molecule has 0 spiro atoms. The van der Waals surface area contributed by atoms with Crippen LogP contribution in [0.5, 0.6) is 5.75 Å². The maximum absolute atomic E-state index is 12.0. The van der Waals surface area contributed by atoms with Crippen molar-refractivity contribution in [3.8, 4) is 5.75 Å². The van der Waals surface area contributed by atoms with E-state index in [9.17, 15) is 4.79 Å².